The van der Waals surface area contributed by atoms with Crippen molar-refractivity contribution in [2.75, 3.05) is 34.3 Å². The highest BCUT2D eigenvalue weighted by Gasteiger charge is 2.24. The fraction of sp³-hybridized carbons (Fsp3) is 0.500. The first-order valence-electron chi connectivity index (χ1n) is 9.25. The Hall–Kier alpha value is -2.54. The van der Waals surface area contributed by atoms with Crippen LogP contribution in [0, 0.1) is 0 Å². The van der Waals surface area contributed by atoms with Crippen molar-refractivity contribution in [1.82, 2.24) is 15.0 Å². The Bertz CT molecular complexity index is 761. The Balaban J connectivity index is 1.57. The summed E-state index contributed by atoms with van der Waals surface area (Å²) in [7, 11) is 5.52. The summed E-state index contributed by atoms with van der Waals surface area (Å²) in [5, 5.41) is 3.91. The molecule has 1 aromatic carbocycles. The molecule has 146 valence electrons. The number of carbonyl (C=O) groups is 1. The van der Waals surface area contributed by atoms with E-state index in [4.69, 9.17) is 14.0 Å². The van der Waals surface area contributed by atoms with Gasteiger partial charge in [-0.3, -0.25) is 4.79 Å². The lowest BCUT2D eigenvalue weighted by Gasteiger charge is -2.34. The number of rotatable bonds is 7. The van der Waals surface area contributed by atoms with Crippen LogP contribution in [-0.4, -0.2) is 61.2 Å². The van der Waals surface area contributed by atoms with Gasteiger partial charge in [0, 0.05) is 25.7 Å². The minimum Gasteiger partial charge on any atom is -0.493 e. The molecule has 1 unspecified atom stereocenters. The van der Waals surface area contributed by atoms with Crippen LogP contribution >= 0.6 is 0 Å². The summed E-state index contributed by atoms with van der Waals surface area (Å²) < 4.78 is 16.2. The van der Waals surface area contributed by atoms with Crippen molar-refractivity contribution < 1.29 is 18.8 Å². The molecule has 27 heavy (non-hydrogen) atoms. The van der Waals surface area contributed by atoms with Gasteiger partial charge in [0.2, 0.25) is 0 Å². The fourth-order valence-corrected chi connectivity index (χ4v) is 3.34. The van der Waals surface area contributed by atoms with Gasteiger partial charge in [0.25, 0.3) is 5.91 Å². The first-order chi connectivity index (χ1) is 13.1. The van der Waals surface area contributed by atoms with Crippen molar-refractivity contribution in [3.05, 3.63) is 41.8 Å². The molecule has 0 radical (unpaired) electrons. The number of carbonyl (C=O) groups excluding carboxylic acids is 1. The van der Waals surface area contributed by atoms with Gasteiger partial charge in [0.15, 0.2) is 23.0 Å². The third-order valence-corrected chi connectivity index (χ3v) is 4.97. The number of hydrogen-bond acceptors (Lipinski definition) is 6. The molecule has 1 saturated heterocycles. The first-order valence-corrected chi connectivity index (χ1v) is 9.25. The highest BCUT2D eigenvalue weighted by molar-refractivity contribution is 5.92. The van der Waals surface area contributed by atoms with Gasteiger partial charge in [-0.25, -0.2) is 0 Å². The van der Waals surface area contributed by atoms with E-state index < -0.39 is 0 Å². The minimum absolute atomic E-state index is 0.138. The van der Waals surface area contributed by atoms with E-state index in [-0.39, 0.29) is 12.5 Å². The standard InChI is InChI=1S/C20H27N3O4/c1-22-11-7-6-8-15(22)13-23(2)20(24)17-12-16(27-21-17)14-26-19-10-5-4-9-18(19)25-3/h4-5,9-10,12,15H,6-8,11,13-14H2,1-3H3. The number of amides is 1. The van der Waals surface area contributed by atoms with E-state index in [0.717, 1.165) is 13.0 Å². The minimum atomic E-state index is -0.138. The number of hydrogen-bond donors (Lipinski definition) is 0. The number of benzene rings is 1. The van der Waals surface area contributed by atoms with Gasteiger partial charge in [0.05, 0.1) is 7.11 Å². The van der Waals surface area contributed by atoms with Crippen LogP contribution in [0.4, 0.5) is 0 Å². The zero-order valence-electron chi connectivity index (χ0n) is 16.2. The number of likely N-dealkylation sites (N-methyl/N-ethyl adjacent to an activating group) is 2. The molecular weight excluding hydrogens is 346 g/mol. The van der Waals surface area contributed by atoms with Crippen molar-refractivity contribution >= 4 is 5.91 Å². The molecule has 7 heteroatoms. The number of piperidine rings is 1. The van der Waals surface area contributed by atoms with E-state index in [1.807, 2.05) is 31.3 Å². The lowest BCUT2D eigenvalue weighted by atomic mass is 10.0. The Morgan fingerprint density at radius 3 is 2.85 bits per heavy atom. The topological polar surface area (TPSA) is 68.0 Å². The second-order valence-corrected chi connectivity index (χ2v) is 6.93. The SMILES string of the molecule is COc1ccccc1OCc1cc(C(=O)N(C)CC2CCCCN2C)no1. The van der Waals surface area contributed by atoms with Gasteiger partial charge in [-0.15, -0.1) is 0 Å². The van der Waals surface area contributed by atoms with Crippen LogP contribution in [0.2, 0.25) is 0 Å². The van der Waals surface area contributed by atoms with Crippen molar-refractivity contribution in [2.45, 2.75) is 31.9 Å². The number of para-hydroxylation sites is 2. The molecule has 1 amide bonds. The summed E-state index contributed by atoms with van der Waals surface area (Å²) in [5.41, 5.74) is 0.301. The largest absolute Gasteiger partial charge is 0.493 e. The van der Waals surface area contributed by atoms with E-state index in [1.165, 1.54) is 12.8 Å². The molecule has 7 nitrogen and oxygen atoms in total. The summed E-state index contributed by atoms with van der Waals surface area (Å²) in [4.78, 5) is 16.7. The van der Waals surface area contributed by atoms with E-state index in [0.29, 0.717) is 35.5 Å². The number of nitrogens with zero attached hydrogens (tertiary/aromatic N) is 3. The summed E-state index contributed by atoms with van der Waals surface area (Å²) in [6, 6.07) is 9.41. The van der Waals surface area contributed by atoms with Crippen LogP contribution in [0.5, 0.6) is 11.5 Å². The Labute approximate surface area is 159 Å². The van der Waals surface area contributed by atoms with Crippen LogP contribution in [0.3, 0.4) is 0 Å². The van der Waals surface area contributed by atoms with Crippen molar-refractivity contribution in [3.8, 4) is 11.5 Å². The van der Waals surface area contributed by atoms with E-state index >= 15 is 0 Å². The van der Waals surface area contributed by atoms with Crippen LogP contribution in [-0.2, 0) is 6.61 Å². The summed E-state index contributed by atoms with van der Waals surface area (Å²) in [6.07, 6.45) is 3.56. The monoisotopic (exact) mass is 373 g/mol. The summed E-state index contributed by atoms with van der Waals surface area (Å²) in [6.45, 7) is 1.95. The lowest BCUT2D eigenvalue weighted by Crippen LogP contribution is -2.45. The molecule has 1 aliphatic rings. The highest BCUT2D eigenvalue weighted by Crippen LogP contribution is 2.26. The average Bonchev–Trinajstić information content (AvgIpc) is 3.16. The lowest BCUT2D eigenvalue weighted by molar-refractivity contribution is 0.0707. The molecule has 1 aliphatic heterocycles. The Morgan fingerprint density at radius 1 is 1.33 bits per heavy atom. The second kappa shape index (κ2) is 8.90. The van der Waals surface area contributed by atoms with Gasteiger partial charge in [-0.05, 0) is 38.6 Å². The smallest absolute Gasteiger partial charge is 0.275 e. The molecule has 1 atom stereocenters. The quantitative estimate of drug-likeness (QED) is 0.743. The van der Waals surface area contributed by atoms with Crippen molar-refractivity contribution in [1.29, 1.82) is 0 Å². The predicted octanol–water partition coefficient (Wildman–Crippen LogP) is 2.82. The van der Waals surface area contributed by atoms with E-state index in [2.05, 4.69) is 17.1 Å². The third kappa shape index (κ3) is 4.80. The maximum atomic E-state index is 12.6. The van der Waals surface area contributed by atoms with Gasteiger partial charge >= 0.3 is 0 Å². The molecule has 2 heterocycles. The van der Waals surface area contributed by atoms with Gasteiger partial charge < -0.3 is 23.8 Å². The van der Waals surface area contributed by atoms with Crippen molar-refractivity contribution in [2.24, 2.45) is 0 Å². The predicted molar refractivity (Wildman–Crippen MR) is 101 cm³/mol. The zero-order chi connectivity index (χ0) is 19.2. The normalized spacial score (nSPS) is 17.5. The van der Waals surface area contributed by atoms with Gasteiger partial charge in [-0.2, -0.15) is 0 Å². The molecule has 2 aromatic rings. The van der Waals surface area contributed by atoms with E-state index in [1.54, 1.807) is 18.1 Å². The third-order valence-electron chi connectivity index (χ3n) is 4.97. The zero-order valence-corrected chi connectivity index (χ0v) is 16.2. The summed E-state index contributed by atoms with van der Waals surface area (Å²) in [5.74, 6) is 1.61. The van der Waals surface area contributed by atoms with Gasteiger partial charge in [-0.1, -0.05) is 23.7 Å². The van der Waals surface area contributed by atoms with E-state index in [9.17, 15) is 4.79 Å². The molecule has 0 bridgehead atoms. The fourth-order valence-electron chi connectivity index (χ4n) is 3.34. The molecule has 3 rings (SSSR count). The number of likely N-dealkylation sites (tertiary alicyclic amines) is 1. The first kappa shape index (κ1) is 19.2. The number of methoxy groups -OCH3 is 1. The Kier molecular flexibility index (Phi) is 6.34. The highest BCUT2D eigenvalue weighted by atomic mass is 16.5. The molecule has 0 N–H and O–H groups in total. The molecule has 0 aliphatic carbocycles. The van der Waals surface area contributed by atoms with Crippen LogP contribution in [0.25, 0.3) is 0 Å². The summed E-state index contributed by atoms with van der Waals surface area (Å²) >= 11 is 0. The molecule has 0 saturated carbocycles. The molecule has 1 fully saturated rings. The maximum Gasteiger partial charge on any atom is 0.275 e. The molecular formula is C20H27N3O4. The number of aromatic nitrogens is 1. The van der Waals surface area contributed by atoms with Crippen LogP contribution < -0.4 is 9.47 Å². The average molecular weight is 373 g/mol. The Morgan fingerprint density at radius 2 is 2.11 bits per heavy atom. The van der Waals surface area contributed by atoms with Gasteiger partial charge in [0.1, 0.15) is 6.61 Å². The van der Waals surface area contributed by atoms with Crippen LogP contribution in [0.15, 0.2) is 34.9 Å². The second-order valence-electron chi connectivity index (χ2n) is 6.93. The molecule has 1 aromatic heterocycles. The van der Waals surface area contributed by atoms with Crippen molar-refractivity contribution in [3.63, 3.8) is 0 Å². The molecule has 0 spiro atoms. The maximum absolute atomic E-state index is 12.6. The van der Waals surface area contributed by atoms with Crippen LogP contribution in [0.1, 0.15) is 35.5 Å². The number of ether oxygens (including phenoxy) is 2.